The Hall–Kier alpha value is -0.670. The van der Waals surface area contributed by atoms with Crippen LogP contribution in [-0.4, -0.2) is 34.3 Å². The Morgan fingerprint density at radius 2 is 2.12 bits per heavy atom. The monoisotopic (exact) mass is 491 g/mol. The minimum atomic E-state index is -0.697. The molecule has 2 aliphatic rings. The summed E-state index contributed by atoms with van der Waals surface area (Å²) in [7, 11) is 1.11. The third-order valence-electron chi connectivity index (χ3n) is 5.09. The highest BCUT2D eigenvalue weighted by Crippen LogP contribution is 2.23. The second kappa shape index (κ2) is 10.6. The maximum atomic E-state index is 12.1. The number of ether oxygens (including phenoxy) is 1. The zero-order valence-corrected chi connectivity index (χ0v) is 18.8. The van der Waals surface area contributed by atoms with Crippen LogP contribution in [0.2, 0.25) is 0 Å². The van der Waals surface area contributed by atoms with E-state index >= 15 is 0 Å². The summed E-state index contributed by atoms with van der Waals surface area (Å²) in [5, 5.41) is 7.25. The lowest BCUT2D eigenvalue weighted by atomic mass is 9.95. The summed E-state index contributed by atoms with van der Waals surface area (Å²) >= 11 is 0. The fraction of sp³-hybridized carbons (Fsp3) is 0.632. The van der Waals surface area contributed by atoms with E-state index in [0.29, 0.717) is 17.9 Å². The molecule has 1 aromatic rings. The molecule has 0 radical (unpaired) electrons. The van der Waals surface area contributed by atoms with Gasteiger partial charge >= 0.3 is 0 Å². The number of hydrogen-bond donors (Lipinski definition) is 2. The molecule has 0 bridgehead atoms. The third kappa shape index (κ3) is 5.66. The first kappa shape index (κ1) is 21.6. The predicted octanol–water partition coefficient (Wildman–Crippen LogP) is 3.08. The van der Waals surface area contributed by atoms with Crippen LogP contribution in [0.3, 0.4) is 0 Å². The van der Waals surface area contributed by atoms with E-state index < -0.39 is 10.8 Å². The van der Waals surface area contributed by atoms with E-state index in [1.807, 2.05) is 6.92 Å². The zero-order chi connectivity index (χ0) is 17.6. The highest BCUT2D eigenvalue weighted by molar-refractivity contribution is 14.0. The average molecular weight is 491 g/mol. The molecule has 0 amide bonds. The van der Waals surface area contributed by atoms with Crippen molar-refractivity contribution in [1.29, 1.82) is 0 Å². The molecule has 2 N–H and O–H groups in total. The molecule has 146 valence electrons. The van der Waals surface area contributed by atoms with Gasteiger partial charge in [0.15, 0.2) is 5.96 Å². The largest absolute Gasteiger partial charge is 0.372 e. The molecule has 0 saturated heterocycles. The van der Waals surface area contributed by atoms with E-state index in [1.165, 1.54) is 16.7 Å². The van der Waals surface area contributed by atoms with Gasteiger partial charge in [0, 0.05) is 41.4 Å². The van der Waals surface area contributed by atoms with Gasteiger partial charge in [-0.05, 0) is 36.0 Å². The van der Waals surface area contributed by atoms with Crippen LogP contribution in [0.25, 0.3) is 0 Å². The summed E-state index contributed by atoms with van der Waals surface area (Å²) in [6.45, 7) is 4.20. The van der Waals surface area contributed by atoms with Crippen molar-refractivity contribution in [2.45, 2.75) is 63.7 Å². The fourth-order valence-electron chi connectivity index (χ4n) is 3.66. The molecule has 3 rings (SSSR count). The molecule has 0 spiro atoms. The minimum Gasteiger partial charge on any atom is -0.372 e. The minimum absolute atomic E-state index is 0. The molecule has 5 nitrogen and oxygen atoms in total. The van der Waals surface area contributed by atoms with Gasteiger partial charge in [-0.3, -0.25) is 9.20 Å². The number of fused-ring (bicyclic) bond motifs is 1. The normalized spacial score (nSPS) is 23.7. The van der Waals surface area contributed by atoms with E-state index in [-0.39, 0.29) is 24.0 Å². The van der Waals surface area contributed by atoms with Gasteiger partial charge in [-0.25, -0.2) is 0 Å². The molecular weight excluding hydrogens is 461 g/mol. The SMILES string of the molecule is CCS(=O)C1CCCC(NC(=NC)NCc2ccc3c(c2)COC3)C1.I. The van der Waals surface area contributed by atoms with Crippen molar-refractivity contribution in [3.05, 3.63) is 34.9 Å². The molecule has 1 saturated carbocycles. The van der Waals surface area contributed by atoms with Crippen molar-refractivity contribution in [3.8, 4) is 0 Å². The number of aliphatic imine (C=N–C) groups is 1. The van der Waals surface area contributed by atoms with E-state index in [4.69, 9.17) is 4.74 Å². The third-order valence-corrected chi connectivity index (χ3v) is 6.83. The Bertz CT molecular complexity index is 654. The van der Waals surface area contributed by atoms with Crippen LogP contribution < -0.4 is 10.6 Å². The van der Waals surface area contributed by atoms with E-state index in [9.17, 15) is 4.21 Å². The van der Waals surface area contributed by atoms with Gasteiger partial charge in [0.05, 0.1) is 13.2 Å². The Labute approximate surface area is 176 Å². The Kier molecular flexibility index (Phi) is 8.83. The fourth-order valence-corrected chi connectivity index (χ4v) is 5.01. The maximum Gasteiger partial charge on any atom is 0.191 e. The molecule has 1 fully saturated rings. The van der Waals surface area contributed by atoms with Crippen molar-refractivity contribution in [1.82, 2.24) is 10.6 Å². The number of nitrogens with zero attached hydrogens (tertiary/aromatic N) is 1. The van der Waals surface area contributed by atoms with Gasteiger partial charge in [0.2, 0.25) is 0 Å². The zero-order valence-electron chi connectivity index (χ0n) is 15.6. The molecule has 3 atom stereocenters. The van der Waals surface area contributed by atoms with Crippen LogP contribution in [0.15, 0.2) is 23.2 Å². The second-order valence-electron chi connectivity index (χ2n) is 6.82. The first-order chi connectivity index (χ1) is 12.2. The molecule has 7 heteroatoms. The topological polar surface area (TPSA) is 62.7 Å². The lowest BCUT2D eigenvalue weighted by molar-refractivity contribution is 0.134. The number of rotatable bonds is 5. The molecular formula is C19H30IN3O2S. The van der Waals surface area contributed by atoms with Gasteiger partial charge in [-0.1, -0.05) is 31.5 Å². The lowest BCUT2D eigenvalue weighted by Crippen LogP contribution is -2.46. The first-order valence-corrected chi connectivity index (χ1v) is 10.6. The van der Waals surface area contributed by atoms with Crippen LogP contribution >= 0.6 is 24.0 Å². The summed E-state index contributed by atoms with van der Waals surface area (Å²) in [5.41, 5.74) is 3.82. The van der Waals surface area contributed by atoms with Crippen LogP contribution in [0.1, 0.15) is 49.3 Å². The predicted molar refractivity (Wildman–Crippen MR) is 118 cm³/mol. The van der Waals surface area contributed by atoms with Crippen molar-refractivity contribution < 1.29 is 8.95 Å². The average Bonchev–Trinajstić information content (AvgIpc) is 3.12. The van der Waals surface area contributed by atoms with E-state index in [0.717, 1.165) is 50.5 Å². The Morgan fingerprint density at radius 1 is 1.31 bits per heavy atom. The molecule has 1 aliphatic carbocycles. The highest BCUT2D eigenvalue weighted by Gasteiger charge is 2.26. The number of hydrogen-bond acceptors (Lipinski definition) is 3. The molecule has 26 heavy (non-hydrogen) atoms. The Morgan fingerprint density at radius 3 is 2.88 bits per heavy atom. The summed E-state index contributed by atoms with van der Waals surface area (Å²) in [5.74, 6) is 1.58. The first-order valence-electron chi connectivity index (χ1n) is 9.22. The second-order valence-corrected chi connectivity index (χ2v) is 8.83. The number of halogens is 1. The Balaban J connectivity index is 0.00000243. The highest BCUT2D eigenvalue weighted by atomic mass is 127. The summed E-state index contributed by atoms with van der Waals surface area (Å²) in [4.78, 5) is 4.35. The van der Waals surface area contributed by atoms with Gasteiger partial charge in [0.25, 0.3) is 0 Å². The van der Waals surface area contributed by atoms with E-state index in [1.54, 1.807) is 7.05 Å². The van der Waals surface area contributed by atoms with Gasteiger partial charge < -0.3 is 15.4 Å². The number of benzene rings is 1. The standard InChI is InChI=1S/C19H29N3O2S.HI/c1-3-25(23)18-6-4-5-17(10-18)22-19(20-2)21-11-14-7-8-15-12-24-13-16(15)9-14;/h7-9,17-18H,3-6,10-13H2,1-2H3,(H2,20,21,22);1H. The lowest BCUT2D eigenvalue weighted by Gasteiger charge is -2.30. The summed E-state index contributed by atoms with van der Waals surface area (Å²) in [6, 6.07) is 6.87. The maximum absolute atomic E-state index is 12.1. The number of nitrogens with one attached hydrogen (secondary N) is 2. The molecule has 1 heterocycles. The van der Waals surface area contributed by atoms with Crippen molar-refractivity contribution in [2.24, 2.45) is 4.99 Å². The van der Waals surface area contributed by atoms with Crippen molar-refractivity contribution in [3.63, 3.8) is 0 Å². The smallest absolute Gasteiger partial charge is 0.191 e. The van der Waals surface area contributed by atoms with Gasteiger partial charge in [-0.2, -0.15) is 0 Å². The van der Waals surface area contributed by atoms with Crippen LogP contribution in [0.5, 0.6) is 0 Å². The van der Waals surface area contributed by atoms with Crippen LogP contribution in [0, 0.1) is 0 Å². The molecule has 1 aliphatic heterocycles. The van der Waals surface area contributed by atoms with Crippen molar-refractivity contribution in [2.75, 3.05) is 12.8 Å². The van der Waals surface area contributed by atoms with Gasteiger partial charge in [-0.15, -0.1) is 24.0 Å². The summed E-state index contributed by atoms with van der Waals surface area (Å²) < 4.78 is 17.6. The van der Waals surface area contributed by atoms with Crippen LogP contribution in [0.4, 0.5) is 0 Å². The summed E-state index contributed by atoms with van der Waals surface area (Å²) in [6.07, 6.45) is 4.31. The molecule has 1 aromatic carbocycles. The van der Waals surface area contributed by atoms with E-state index in [2.05, 4.69) is 33.8 Å². The molecule has 3 unspecified atom stereocenters. The molecule has 0 aromatic heterocycles. The quantitative estimate of drug-likeness (QED) is 0.378. The number of guanidine groups is 1. The van der Waals surface area contributed by atoms with Gasteiger partial charge in [0.1, 0.15) is 0 Å². The van der Waals surface area contributed by atoms with Crippen molar-refractivity contribution >= 4 is 40.7 Å². The van der Waals surface area contributed by atoms with Crippen LogP contribution in [-0.2, 0) is 35.3 Å².